The minimum absolute atomic E-state index is 0. The van der Waals surface area contributed by atoms with E-state index in [0.717, 1.165) is 19.6 Å². The third-order valence-corrected chi connectivity index (χ3v) is 2.61. The summed E-state index contributed by atoms with van der Waals surface area (Å²) in [5.74, 6) is 0. The lowest BCUT2D eigenvalue weighted by atomic mass is 9.85. The van der Waals surface area contributed by atoms with Crippen LogP contribution in [0.5, 0.6) is 0 Å². The SMILES string of the molecule is CC(C)(CN)CC1CCCCO1.Cl. The lowest BCUT2D eigenvalue weighted by Crippen LogP contribution is -2.31. The van der Waals surface area contributed by atoms with Crippen LogP contribution in [-0.4, -0.2) is 19.3 Å². The van der Waals surface area contributed by atoms with E-state index in [1.807, 2.05) is 0 Å². The average Bonchev–Trinajstić information content (AvgIpc) is 2.06. The molecule has 1 heterocycles. The van der Waals surface area contributed by atoms with Crippen LogP contribution in [0.3, 0.4) is 0 Å². The summed E-state index contributed by atoms with van der Waals surface area (Å²) in [6.07, 6.45) is 5.37. The monoisotopic (exact) mass is 207 g/mol. The largest absolute Gasteiger partial charge is 0.378 e. The second-order valence-electron chi connectivity index (χ2n) is 4.56. The van der Waals surface area contributed by atoms with Gasteiger partial charge in [0, 0.05) is 6.61 Å². The highest BCUT2D eigenvalue weighted by molar-refractivity contribution is 5.85. The van der Waals surface area contributed by atoms with E-state index in [0.29, 0.717) is 6.10 Å². The highest BCUT2D eigenvalue weighted by Crippen LogP contribution is 2.26. The molecule has 2 N–H and O–H groups in total. The second kappa shape index (κ2) is 5.84. The zero-order chi connectivity index (χ0) is 9.03. The molecule has 2 nitrogen and oxygen atoms in total. The van der Waals surface area contributed by atoms with Crippen molar-refractivity contribution in [3.05, 3.63) is 0 Å². The van der Waals surface area contributed by atoms with E-state index in [4.69, 9.17) is 10.5 Å². The number of hydrogen-bond acceptors (Lipinski definition) is 2. The number of rotatable bonds is 3. The Bertz CT molecular complexity index is 133. The van der Waals surface area contributed by atoms with Gasteiger partial charge in [0.2, 0.25) is 0 Å². The van der Waals surface area contributed by atoms with E-state index >= 15 is 0 Å². The van der Waals surface area contributed by atoms with Crippen LogP contribution in [0.15, 0.2) is 0 Å². The Morgan fingerprint density at radius 1 is 1.38 bits per heavy atom. The third kappa shape index (κ3) is 4.84. The van der Waals surface area contributed by atoms with Gasteiger partial charge < -0.3 is 10.5 Å². The van der Waals surface area contributed by atoms with E-state index in [-0.39, 0.29) is 17.8 Å². The van der Waals surface area contributed by atoms with Crippen molar-refractivity contribution >= 4 is 12.4 Å². The van der Waals surface area contributed by atoms with Crippen molar-refractivity contribution in [2.45, 2.75) is 45.6 Å². The molecule has 0 aromatic rings. The molecule has 3 heteroatoms. The highest BCUT2D eigenvalue weighted by Gasteiger charge is 2.23. The van der Waals surface area contributed by atoms with Crippen LogP contribution in [0.25, 0.3) is 0 Å². The summed E-state index contributed by atoms with van der Waals surface area (Å²) in [6.45, 7) is 6.13. The second-order valence-corrected chi connectivity index (χ2v) is 4.56. The topological polar surface area (TPSA) is 35.2 Å². The summed E-state index contributed by atoms with van der Waals surface area (Å²) in [7, 11) is 0. The molecule has 1 aliphatic heterocycles. The Kier molecular flexibility index (Phi) is 5.93. The molecule has 80 valence electrons. The van der Waals surface area contributed by atoms with Gasteiger partial charge in [-0.3, -0.25) is 0 Å². The van der Waals surface area contributed by atoms with Gasteiger partial charge in [0.25, 0.3) is 0 Å². The van der Waals surface area contributed by atoms with Crippen molar-refractivity contribution in [3.63, 3.8) is 0 Å². The van der Waals surface area contributed by atoms with Crippen LogP contribution in [0.1, 0.15) is 39.5 Å². The number of halogens is 1. The molecule has 1 saturated heterocycles. The third-order valence-electron chi connectivity index (χ3n) is 2.61. The van der Waals surface area contributed by atoms with E-state index in [1.165, 1.54) is 19.3 Å². The molecule has 0 radical (unpaired) electrons. The van der Waals surface area contributed by atoms with Crippen molar-refractivity contribution in [1.29, 1.82) is 0 Å². The van der Waals surface area contributed by atoms with Crippen molar-refractivity contribution in [3.8, 4) is 0 Å². The van der Waals surface area contributed by atoms with Crippen LogP contribution in [0, 0.1) is 5.41 Å². The lowest BCUT2D eigenvalue weighted by Gasteiger charge is -2.30. The summed E-state index contributed by atoms with van der Waals surface area (Å²) >= 11 is 0. The van der Waals surface area contributed by atoms with Gasteiger partial charge in [-0.1, -0.05) is 13.8 Å². The standard InChI is InChI=1S/C10H21NO.ClH/c1-10(2,8-11)7-9-5-3-4-6-12-9;/h9H,3-8,11H2,1-2H3;1H. The number of hydrogen-bond donors (Lipinski definition) is 1. The molecule has 13 heavy (non-hydrogen) atoms. The zero-order valence-corrected chi connectivity index (χ0v) is 9.53. The van der Waals surface area contributed by atoms with Crippen molar-refractivity contribution in [1.82, 2.24) is 0 Å². The summed E-state index contributed by atoms with van der Waals surface area (Å²) in [4.78, 5) is 0. The van der Waals surface area contributed by atoms with Crippen LogP contribution < -0.4 is 5.73 Å². The summed E-state index contributed by atoms with van der Waals surface area (Å²) in [5.41, 5.74) is 5.92. The Labute approximate surface area is 87.6 Å². The first-order valence-corrected chi connectivity index (χ1v) is 4.96. The van der Waals surface area contributed by atoms with E-state index in [1.54, 1.807) is 0 Å². The predicted octanol–water partition coefficient (Wildman–Crippen LogP) is 2.35. The lowest BCUT2D eigenvalue weighted by molar-refractivity contribution is -0.00837. The molecule has 0 aliphatic carbocycles. The molecule has 1 rings (SSSR count). The molecule has 0 bridgehead atoms. The quantitative estimate of drug-likeness (QED) is 0.771. The fraction of sp³-hybridized carbons (Fsp3) is 1.00. The smallest absolute Gasteiger partial charge is 0.0580 e. The van der Waals surface area contributed by atoms with Crippen molar-refractivity contribution in [2.75, 3.05) is 13.2 Å². The van der Waals surface area contributed by atoms with Crippen molar-refractivity contribution in [2.24, 2.45) is 11.1 Å². The number of nitrogens with two attached hydrogens (primary N) is 1. The van der Waals surface area contributed by atoms with Gasteiger partial charge in [-0.25, -0.2) is 0 Å². The Morgan fingerprint density at radius 2 is 2.08 bits per heavy atom. The predicted molar refractivity (Wildman–Crippen MR) is 58.3 cm³/mol. The Hall–Kier alpha value is 0.210. The molecule has 1 fully saturated rings. The minimum atomic E-state index is 0. The maximum atomic E-state index is 5.67. The fourth-order valence-corrected chi connectivity index (χ4v) is 1.67. The first-order valence-electron chi connectivity index (χ1n) is 4.96. The first kappa shape index (κ1) is 13.2. The maximum absolute atomic E-state index is 5.67. The molecule has 0 amide bonds. The van der Waals surface area contributed by atoms with Crippen LogP contribution >= 0.6 is 12.4 Å². The maximum Gasteiger partial charge on any atom is 0.0580 e. The molecule has 0 spiro atoms. The molecule has 1 aliphatic rings. The minimum Gasteiger partial charge on any atom is -0.378 e. The molecule has 1 atom stereocenters. The van der Waals surface area contributed by atoms with Gasteiger partial charge in [0.05, 0.1) is 6.10 Å². The molecule has 0 aromatic heterocycles. The van der Waals surface area contributed by atoms with Gasteiger partial charge in [0.15, 0.2) is 0 Å². The zero-order valence-electron chi connectivity index (χ0n) is 8.71. The van der Waals surface area contributed by atoms with Crippen LogP contribution in [0.2, 0.25) is 0 Å². The van der Waals surface area contributed by atoms with Gasteiger partial charge in [0.1, 0.15) is 0 Å². The highest BCUT2D eigenvalue weighted by atomic mass is 35.5. The van der Waals surface area contributed by atoms with Crippen LogP contribution in [-0.2, 0) is 4.74 Å². The van der Waals surface area contributed by atoms with Crippen molar-refractivity contribution < 1.29 is 4.74 Å². The Balaban J connectivity index is 0.00000144. The summed E-state index contributed by atoms with van der Waals surface area (Å²) < 4.78 is 5.66. The number of ether oxygens (including phenoxy) is 1. The normalized spacial score (nSPS) is 23.8. The van der Waals surface area contributed by atoms with E-state index in [9.17, 15) is 0 Å². The summed E-state index contributed by atoms with van der Waals surface area (Å²) in [6, 6.07) is 0. The Morgan fingerprint density at radius 3 is 2.54 bits per heavy atom. The van der Waals surface area contributed by atoms with Crippen LogP contribution in [0.4, 0.5) is 0 Å². The molecule has 0 aromatic carbocycles. The van der Waals surface area contributed by atoms with Gasteiger partial charge in [-0.15, -0.1) is 12.4 Å². The molecule has 0 saturated carbocycles. The summed E-state index contributed by atoms with van der Waals surface area (Å²) in [5, 5.41) is 0. The fourth-order valence-electron chi connectivity index (χ4n) is 1.67. The van der Waals surface area contributed by atoms with E-state index in [2.05, 4.69) is 13.8 Å². The molecular weight excluding hydrogens is 186 g/mol. The van der Waals surface area contributed by atoms with E-state index < -0.39 is 0 Å². The van der Waals surface area contributed by atoms with Gasteiger partial charge >= 0.3 is 0 Å². The van der Waals surface area contributed by atoms with Gasteiger partial charge in [-0.2, -0.15) is 0 Å². The van der Waals surface area contributed by atoms with Gasteiger partial charge in [-0.05, 0) is 37.6 Å². The molecule has 1 unspecified atom stereocenters. The first-order chi connectivity index (χ1) is 5.64. The molecular formula is C10H22ClNO. The average molecular weight is 208 g/mol.